The van der Waals surface area contributed by atoms with Crippen molar-refractivity contribution >= 4 is 0 Å². The van der Waals surface area contributed by atoms with Gasteiger partial charge >= 0.3 is 0 Å². The molecule has 1 aromatic carbocycles. The Balaban J connectivity index is 2.24. The predicted molar refractivity (Wildman–Crippen MR) is 59.7 cm³/mol. The van der Waals surface area contributed by atoms with Gasteiger partial charge in [0.25, 0.3) is 0 Å². The van der Waals surface area contributed by atoms with Crippen molar-refractivity contribution in [3.63, 3.8) is 0 Å². The lowest BCUT2D eigenvalue weighted by Gasteiger charge is -2.46. The first-order chi connectivity index (χ1) is 7.32. The Labute approximate surface area is 91.2 Å². The molecule has 0 aromatic heterocycles. The summed E-state index contributed by atoms with van der Waals surface area (Å²) < 4.78 is 11.0. The van der Waals surface area contributed by atoms with E-state index in [2.05, 4.69) is 31.2 Å². The Bertz CT molecular complexity index is 298. The summed E-state index contributed by atoms with van der Waals surface area (Å²) in [5.41, 5.74) is 1.45. The summed E-state index contributed by atoms with van der Waals surface area (Å²) in [5.74, 6) is 0. The molecule has 1 unspecified atom stereocenters. The normalized spacial score (nSPS) is 20.7. The van der Waals surface area contributed by atoms with Crippen LogP contribution in [0.5, 0.6) is 0 Å². The Hall–Kier alpha value is -0.860. The van der Waals surface area contributed by atoms with Gasteiger partial charge in [-0.15, -0.1) is 0 Å². The second-order valence-electron chi connectivity index (χ2n) is 4.24. The second kappa shape index (κ2) is 4.33. The van der Waals surface area contributed by atoms with E-state index in [-0.39, 0.29) is 11.5 Å². The van der Waals surface area contributed by atoms with E-state index in [1.807, 2.05) is 6.07 Å². The molecular weight excluding hydrogens is 188 g/mol. The molecule has 0 amide bonds. The number of rotatable bonds is 4. The van der Waals surface area contributed by atoms with Crippen LogP contribution < -0.4 is 0 Å². The third kappa shape index (κ3) is 1.80. The van der Waals surface area contributed by atoms with Crippen molar-refractivity contribution in [2.75, 3.05) is 20.3 Å². The maximum absolute atomic E-state index is 5.65. The molecule has 0 radical (unpaired) electrons. The third-order valence-corrected chi connectivity index (χ3v) is 3.38. The van der Waals surface area contributed by atoms with Gasteiger partial charge < -0.3 is 9.47 Å². The standard InChI is InChI=1S/C13H18O2/c1-3-13(9-15-10-13)12(14-2)11-7-5-4-6-8-11/h4-8,12H,3,9-10H2,1-2H3. The van der Waals surface area contributed by atoms with E-state index in [9.17, 15) is 0 Å². The number of benzene rings is 1. The molecule has 1 aliphatic rings. The van der Waals surface area contributed by atoms with Crippen LogP contribution in [0, 0.1) is 5.41 Å². The highest BCUT2D eigenvalue weighted by molar-refractivity contribution is 5.21. The maximum Gasteiger partial charge on any atom is 0.0921 e. The number of hydrogen-bond donors (Lipinski definition) is 0. The summed E-state index contributed by atoms with van der Waals surface area (Å²) in [6.45, 7) is 3.84. The Morgan fingerprint density at radius 2 is 2.00 bits per heavy atom. The van der Waals surface area contributed by atoms with Gasteiger partial charge in [0.2, 0.25) is 0 Å². The van der Waals surface area contributed by atoms with Gasteiger partial charge in [-0.1, -0.05) is 37.3 Å². The quantitative estimate of drug-likeness (QED) is 0.754. The fraction of sp³-hybridized carbons (Fsp3) is 0.538. The highest BCUT2D eigenvalue weighted by Gasteiger charge is 2.45. The summed E-state index contributed by atoms with van der Waals surface area (Å²) in [5, 5.41) is 0. The molecule has 1 saturated heterocycles. The first kappa shape index (κ1) is 10.7. The molecule has 2 nitrogen and oxygen atoms in total. The van der Waals surface area contributed by atoms with Crippen molar-refractivity contribution in [1.29, 1.82) is 0 Å². The fourth-order valence-electron chi connectivity index (χ4n) is 2.27. The van der Waals surface area contributed by atoms with Crippen LogP contribution >= 0.6 is 0 Å². The Morgan fingerprint density at radius 1 is 1.33 bits per heavy atom. The summed E-state index contributed by atoms with van der Waals surface area (Å²) in [4.78, 5) is 0. The van der Waals surface area contributed by atoms with Gasteiger partial charge in [0.15, 0.2) is 0 Å². The minimum Gasteiger partial charge on any atom is -0.380 e. The smallest absolute Gasteiger partial charge is 0.0921 e. The van der Waals surface area contributed by atoms with E-state index < -0.39 is 0 Å². The molecule has 0 aliphatic carbocycles. The van der Waals surface area contributed by atoms with Crippen LogP contribution in [0.4, 0.5) is 0 Å². The van der Waals surface area contributed by atoms with E-state index in [0.29, 0.717) is 0 Å². The molecule has 1 atom stereocenters. The molecule has 2 rings (SSSR count). The summed E-state index contributed by atoms with van der Waals surface area (Å²) in [6.07, 6.45) is 1.26. The van der Waals surface area contributed by atoms with Gasteiger partial charge in [-0.25, -0.2) is 0 Å². The average molecular weight is 206 g/mol. The van der Waals surface area contributed by atoms with Crippen LogP contribution in [0.2, 0.25) is 0 Å². The molecule has 82 valence electrons. The lowest BCUT2D eigenvalue weighted by Crippen LogP contribution is -2.47. The summed E-state index contributed by atoms with van der Waals surface area (Å²) >= 11 is 0. The van der Waals surface area contributed by atoms with Gasteiger partial charge in [-0.2, -0.15) is 0 Å². The van der Waals surface area contributed by atoms with E-state index in [1.54, 1.807) is 7.11 Å². The van der Waals surface area contributed by atoms with E-state index in [0.717, 1.165) is 19.6 Å². The monoisotopic (exact) mass is 206 g/mol. The van der Waals surface area contributed by atoms with Crippen molar-refractivity contribution in [1.82, 2.24) is 0 Å². The molecule has 2 heteroatoms. The highest BCUT2D eigenvalue weighted by Crippen LogP contribution is 2.45. The van der Waals surface area contributed by atoms with Crippen LogP contribution in [0.15, 0.2) is 30.3 Å². The Kier molecular flexibility index (Phi) is 3.08. The summed E-state index contributed by atoms with van der Waals surface area (Å²) in [6, 6.07) is 10.4. The van der Waals surface area contributed by atoms with Gasteiger partial charge in [-0.05, 0) is 12.0 Å². The zero-order chi connectivity index (χ0) is 10.7. The van der Waals surface area contributed by atoms with Gasteiger partial charge in [0.05, 0.1) is 19.3 Å². The van der Waals surface area contributed by atoms with Crippen molar-refractivity contribution in [2.24, 2.45) is 5.41 Å². The predicted octanol–water partition coefficient (Wildman–Crippen LogP) is 2.80. The minimum atomic E-state index is 0.164. The van der Waals surface area contributed by atoms with Crippen LogP contribution in [0.25, 0.3) is 0 Å². The zero-order valence-corrected chi connectivity index (χ0v) is 9.40. The molecule has 0 spiro atoms. The van der Waals surface area contributed by atoms with Crippen molar-refractivity contribution < 1.29 is 9.47 Å². The molecule has 1 heterocycles. The van der Waals surface area contributed by atoms with Crippen LogP contribution in [0.1, 0.15) is 25.0 Å². The van der Waals surface area contributed by atoms with Gasteiger partial charge in [-0.3, -0.25) is 0 Å². The average Bonchev–Trinajstić information content (AvgIpc) is 2.24. The molecular formula is C13H18O2. The lowest BCUT2D eigenvalue weighted by atomic mass is 9.75. The minimum absolute atomic E-state index is 0.164. The first-order valence-electron chi connectivity index (χ1n) is 5.48. The molecule has 0 bridgehead atoms. The molecule has 0 saturated carbocycles. The van der Waals surface area contributed by atoms with Crippen molar-refractivity contribution in [3.8, 4) is 0 Å². The van der Waals surface area contributed by atoms with E-state index in [1.165, 1.54) is 5.56 Å². The largest absolute Gasteiger partial charge is 0.380 e. The van der Waals surface area contributed by atoms with Crippen molar-refractivity contribution in [2.45, 2.75) is 19.4 Å². The second-order valence-corrected chi connectivity index (χ2v) is 4.24. The number of hydrogen-bond acceptors (Lipinski definition) is 2. The fourth-order valence-corrected chi connectivity index (χ4v) is 2.27. The van der Waals surface area contributed by atoms with Gasteiger partial charge in [0.1, 0.15) is 0 Å². The highest BCUT2D eigenvalue weighted by atomic mass is 16.5. The third-order valence-electron chi connectivity index (χ3n) is 3.38. The SMILES string of the molecule is CCC1(C(OC)c2ccccc2)COC1. The Morgan fingerprint density at radius 3 is 2.40 bits per heavy atom. The topological polar surface area (TPSA) is 18.5 Å². The maximum atomic E-state index is 5.65. The molecule has 1 fully saturated rings. The van der Waals surface area contributed by atoms with E-state index in [4.69, 9.17) is 9.47 Å². The van der Waals surface area contributed by atoms with Crippen LogP contribution in [-0.4, -0.2) is 20.3 Å². The van der Waals surface area contributed by atoms with Crippen molar-refractivity contribution in [3.05, 3.63) is 35.9 Å². The van der Waals surface area contributed by atoms with E-state index >= 15 is 0 Å². The molecule has 15 heavy (non-hydrogen) atoms. The molecule has 1 aromatic rings. The zero-order valence-electron chi connectivity index (χ0n) is 9.40. The molecule has 1 aliphatic heterocycles. The number of methoxy groups -OCH3 is 1. The first-order valence-corrected chi connectivity index (χ1v) is 5.48. The summed E-state index contributed by atoms with van der Waals surface area (Å²) in [7, 11) is 1.79. The molecule has 0 N–H and O–H groups in total. The van der Waals surface area contributed by atoms with Crippen LogP contribution in [-0.2, 0) is 9.47 Å². The number of ether oxygens (including phenoxy) is 2. The van der Waals surface area contributed by atoms with Gasteiger partial charge in [0, 0.05) is 12.5 Å². The lowest BCUT2D eigenvalue weighted by molar-refractivity contribution is -0.184. The van der Waals surface area contributed by atoms with Crippen LogP contribution in [0.3, 0.4) is 0 Å².